The first-order valence-electron chi connectivity index (χ1n) is 5.79. The number of carbonyl (C=O) groups excluding carboxylic acids is 1. The zero-order valence-electron chi connectivity index (χ0n) is 9.98. The Labute approximate surface area is 100 Å². The minimum Gasteiger partial charge on any atom is -0.481 e. The molecule has 17 heavy (non-hydrogen) atoms. The summed E-state index contributed by atoms with van der Waals surface area (Å²) in [4.78, 5) is 22.2. The molecule has 0 aromatic heterocycles. The van der Waals surface area contributed by atoms with Gasteiger partial charge in [0, 0.05) is 12.6 Å². The Morgan fingerprint density at radius 3 is 2.59 bits per heavy atom. The fourth-order valence-corrected chi connectivity index (χ4v) is 2.11. The zero-order valence-corrected chi connectivity index (χ0v) is 9.98. The van der Waals surface area contributed by atoms with Crippen LogP contribution < -0.4 is 11.1 Å². The minimum absolute atomic E-state index is 0.0681. The van der Waals surface area contributed by atoms with Gasteiger partial charge in [0.05, 0.1) is 17.9 Å². The van der Waals surface area contributed by atoms with Crippen molar-refractivity contribution in [2.24, 2.45) is 11.7 Å². The average molecular weight is 244 g/mol. The lowest BCUT2D eigenvalue weighted by Crippen LogP contribution is -2.46. The number of carboxylic acid groups (broad SMARTS) is 1. The fraction of sp³-hybridized carbons (Fsp3) is 0.818. The van der Waals surface area contributed by atoms with E-state index in [2.05, 4.69) is 5.32 Å². The molecule has 0 bridgehead atoms. The molecule has 1 rings (SSSR count). The van der Waals surface area contributed by atoms with Crippen LogP contribution in [0, 0.1) is 5.92 Å². The van der Waals surface area contributed by atoms with Gasteiger partial charge in [-0.3, -0.25) is 9.59 Å². The first-order chi connectivity index (χ1) is 7.82. The van der Waals surface area contributed by atoms with E-state index in [0.29, 0.717) is 0 Å². The molecular formula is C11H20N2O4. The Kier molecular flexibility index (Phi) is 4.47. The monoisotopic (exact) mass is 244 g/mol. The highest BCUT2D eigenvalue weighted by molar-refractivity contribution is 5.79. The summed E-state index contributed by atoms with van der Waals surface area (Å²) in [6.45, 7) is 1.32. The van der Waals surface area contributed by atoms with Gasteiger partial charge in [-0.05, 0) is 19.8 Å². The fourth-order valence-electron chi connectivity index (χ4n) is 2.11. The van der Waals surface area contributed by atoms with Gasteiger partial charge in [0.2, 0.25) is 5.91 Å². The summed E-state index contributed by atoms with van der Waals surface area (Å²) in [6, 6.07) is -0.126. The van der Waals surface area contributed by atoms with Crippen molar-refractivity contribution in [1.82, 2.24) is 5.32 Å². The average Bonchev–Trinajstić information content (AvgIpc) is 2.59. The lowest BCUT2D eigenvalue weighted by molar-refractivity contribution is -0.142. The summed E-state index contributed by atoms with van der Waals surface area (Å²) in [5, 5.41) is 20.9. The number of carbonyl (C=O) groups is 2. The Hall–Kier alpha value is -1.14. The van der Waals surface area contributed by atoms with Crippen LogP contribution in [0.1, 0.15) is 32.6 Å². The van der Waals surface area contributed by atoms with Gasteiger partial charge in [-0.15, -0.1) is 0 Å². The SMILES string of the molecule is CC(O)(CNC(=O)C1CCCC1N)CC(=O)O. The molecule has 0 saturated heterocycles. The molecule has 1 saturated carbocycles. The molecule has 6 nitrogen and oxygen atoms in total. The van der Waals surface area contributed by atoms with Crippen LogP contribution in [0.2, 0.25) is 0 Å². The van der Waals surface area contributed by atoms with Gasteiger partial charge in [-0.2, -0.15) is 0 Å². The highest BCUT2D eigenvalue weighted by Gasteiger charge is 2.32. The largest absolute Gasteiger partial charge is 0.481 e. The molecule has 0 heterocycles. The number of carboxylic acids is 1. The molecule has 98 valence electrons. The highest BCUT2D eigenvalue weighted by Crippen LogP contribution is 2.24. The second-order valence-corrected chi connectivity index (χ2v) is 4.99. The van der Waals surface area contributed by atoms with Crippen LogP contribution in [0.25, 0.3) is 0 Å². The predicted molar refractivity (Wildman–Crippen MR) is 61.2 cm³/mol. The molecule has 1 fully saturated rings. The molecule has 5 N–H and O–H groups in total. The van der Waals surface area contributed by atoms with Gasteiger partial charge in [-0.25, -0.2) is 0 Å². The second kappa shape index (κ2) is 5.46. The summed E-state index contributed by atoms with van der Waals surface area (Å²) in [6.07, 6.45) is 2.13. The maximum atomic E-state index is 11.7. The predicted octanol–water partition coefficient (Wildman–Crippen LogP) is -0.544. The van der Waals surface area contributed by atoms with Gasteiger partial charge in [-0.1, -0.05) is 6.42 Å². The first-order valence-corrected chi connectivity index (χ1v) is 5.79. The van der Waals surface area contributed by atoms with Gasteiger partial charge < -0.3 is 21.3 Å². The van der Waals surface area contributed by atoms with Crippen LogP contribution in [-0.2, 0) is 9.59 Å². The quantitative estimate of drug-likeness (QED) is 0.518. The van der Waals surface area contributed by atoms with Gasteiger partial charge in [0.15, 0.2) is 0 Å². The van der Waals surface area contributed by atoms with E-state index in [-0.39, 0.29) is 24.4 Å². The Bertz CT molecular complexity index is 304. The summed E-state index contributed by atoms with van der Waals surface area (Å²) in [5.74, 6) is -1.50. The molecule has 0 radical (unpaired) electrons. The summed E-state index contributed by atoms with van der Waals surface area (Å²) >= 11 is 0. The van der Waals surface area contributed by atoms with Crippen LogP contribution in [-0.4, -0.2) is 40.3 Å². The van der Waals surface area contributed by atoms with Crippen molar-refractivity contribution < 1.29 is 19.8 Å². The van der Waals surface area contributed by atoms with Gasteiger partial charge >= 0.3 is 5.97 Å². The van der Waals surface area contributed by atoms with Crippen molar-refractivity contribution >= 4 is 11.9 Å². The van der Waals surface area contributed by atoms with Crippen molar-refractivity contribution in [1.29, 1.82) is 0 Å². The molecule has 1 aliphatic carbocycles. The molecule has 6 heteroatoms. The topological polar surface area (TPSA) is 113 Å². The summed E-state index contributed by atoms with van der Waals surface area (Å²) < 4.78 is 0. The van der Waals surface area contributed by atoms with E-state index < -0.39 is 18.0 Å². The molecule has 0 aromatic rings. The van der Waals surface area contributed by atoms with Crippen LogP contribution >= 0.6 is 0 Å². The van der Waals surface area contributed by atoms with Crippen molar-refractivity contribution in [3.63, 3.8) is 0 Å². The maximum Gasteiger partial charge on any atom is 0.306 e. The second-order valence-electron chi connectivity index (χ2n) is 4.99. The van der Waals surface area contributed by atoms with Crippen molar-refractivity contribution in [2.75, 3.05) is 6.54 Å². The minimum atomic E-state index is -1.43. The number of amides is 1. The van der Waals surface area contributed by atoms with E-state index in [0.717, 1.165) is 19.3 Å². The standard InChI is InChI=1S/C11H20N2O4/c1-11(17,5-9(14)15)6-13-10(16)7-3-2-4-8(7)12/h7-8,17H,2-6,12H2,1H3,(H,13,16)(H,14,15). The number of aliphatic hydroxyl groups is 1. The smallest absolute Gasteiger partial charge is 0.306 e. The van der Waals surface area contributed by atoms with Crippen molar-refractivity contribution in [3.8, 4) is 0 Å². The lowest BCUT2D eigenvalue weighted by Gasteiger charge is -2.23. The molecule has 0 spiro atoms. The maximum absolute atomic E-state index is 11.7. The highest BCUT2D eigenvalue weighted by atomic mass is 16.4. The Balaban J connectivity index is 2.39. The third kappa shape index (κ3) is 4.32. The Morgan fingerprint density at radius 1 is 1.47 bits per heavy atom. The molecule has 1 amide bonds. The van der Waals surface area contributed by atoms with Crippen molar-refractivity contribution in [2.45, 2.75) is 44.2 Å². The summed E-state index contributed by atoms with van der Waals surface area (Å²) in [5.41, 5.74) is 4.36. The van der Waals surface area contributed by atoms with Crippen LogP contribution in [0.4, 0.5) is 0 Å². The normalized spacial score (nSPS) is 27.5. The van der Waals surface area contributed by atoms with E-state index in [4.69, 9.17) is 10.8 Å². The first kappa shape index (κ1) is 13.9. The molecule has 0 aliphatic heterocycles. The molecule has 0 aromatic carbocycles. The van der Waals surface area contributed by atoms with E-state index in [9.17, 15) is 14.7 Å². The number of hydrogen-bond donors (Lipinski definition) is 4. The van der Waals surface area contributed by atoms with Crippen LogP contribution in [0.15, 0.2) is 0 Å². The number of nitrogens with two attached hydrogens (primary N) is 1. The van der Waals surface area contributed by atoms with E-state index in [1.165, 1.54) is 6.92 Å². The number of rotatable bonds is 5. The molecule has 3 atom stereocenters. The third-order valence-electron chi connectivity index (χ3n) is 3.08. The van der Waals surface area contributed by atoms with Gasteiger partial charge in [0.1, 0.15) is 0 Å². The Morgan fingerprint density at radius 2 is 2.12 bits per heavy atom. The van der Waals surface area contributed by atoms with E-state index in [1.54, 1.807) is 0 Å². The van der Waals surface area contributed by atoms with Crippen molar-refractivity contribution in [3.05, 3.63) is 0 Å². The number of nitrogens with one attached hydrogen (secondary N) is 1. The van der Waals surface area contributed by atoms with Crippen LogP contribution in [0.3, 0.4) is 0 Å². The van der Waals surface area contributed by atoms with E-state index >= 15 is 0 Å². The molecule has 1 aliphatic rings. The molecular weight excluding hydrogens is 224 g/mol. The number of aliphatic carboxylic acids is 1. The third-order valence-corrected chi connectivity index (χ3v) is 3.08. The lowest BCUT2D eigenvalue weighted by atomic mass is 10.0. The summed E-state index contributed by atoms with van der Waals surface area (Å²) in [7, 11) is 0. The van der Waals surface area contributed by atoms with Gasteiger partial charge in [0.25, 0.3) is 0 Å². The zero-order chi connectivity index (χ0) is 13.1. The number of hydrogen-bond acceptors (Lipinski definition) is 4. The molecule has 3 unspecified atom stereocenters. The van der Waals surface area contributed by atoms with E-state index in [1.807, 2.05) is 0 Å². The van der Waals surface area contributed by atoms with Crippen LogP contribution in [0.5, 0.6) is 0 Å².